The van der Waals surface area contributed by atoms with Crippen molar-refractivity contribution in [3.05, 3.63) is 47.9 Å². The van der Waals surface area contributed by atoms with Crippen LogP contribution in [0.15, 0.2) is 36.5 Å². The van der Waals surface area contributed by atoms with Gasteiger partial charge in [-0.2, -0.15) is 0 Å². The summed E-state index contributed by atoms with van der Waals surface area (Å²) in [6.45, 7) is 0. The first kappa shape index (κ1) is 9.77. The van der Waals surface area contributed by atoms with E-state index in [-0.39, 0.29) is 0 Å². The minimum Gasteiger partial charge on any atom is -0.310 e. The molecule has 0 spiro atoms. The van der Waals surface area contributed by atoms with Gasteiger partial charge in [-0.25, -0.2) is 9.97 Å². The summed E-state index contributed by atoms with van der Waals surface area (Å²) in [5.41, 5.74) is 8.36. The topological polar surface area (TPSA) is 81.7 Å². The number of benzene rings is 1. The largest absolute Gasteiger partial charge is 0.310 e. The molecule has 0 aliphatic carbocycles. The van der Waals surface area contributed by atoms with Crippen LogP contribution in [-0.2, 0) is 6.42 Å². The van der Waals surface area contributed by atoms with Gasteiger partial charge < -0.3 is 5.73 Å². The van der Waals surface area contributed by atoms with Crippen LogP contribution in [0.2, 0.25) is 0 Å². The molecule has 84 valence electrons. The Morgan fingerprint density at radius 1 is 1.24 bits per heavy atom. The summed E-state index contributed by atoms with van der Waals surface area (Å²) in [6, 6.07) is 10.1. The third-order valence-corrected chi connectivity index (χ3v) is 2.57. The maximum atomic E-state index is 5.61. The first-order chi connectivity index (χ1) is 8.31. The SMILES string of the molecule is Nc1[nH]c2cnc(Cc3ccccc3)nc2[nH+]1. The van der Waals surface area contributed by atoms with Crippen molar-refractivity contribution in [3.8, 4) is 0 Å². The van der Waals surface area contributed by atoms with Crippen LogP contribution in [0.5, 0.6) is 0 Å². The van der Waals surface area contributed by atoms with Crippen molar-refractivity contribution >= 4 is 17.1 Å². The van der Waals surface area contributed by atoms with Crippen LogP contribution in [0.4, 0.5) is 5.95 Å². The Morgan fingerprint density at radius 3 is 2.88 bits per heavy atom. The molecule has 0 unspecified atom stereocenters. The molecule has 4 N–H and O–H groups in total. The van der Waals surface area contributed by atoms with Gasteiger partial charge in [0.05, 0.1) is 6.20 Å². The van der Waals surface area contributed by atoms with Crippen molar-refractivity contribution in [3.63, 3.8) is 0 Å². The third-order valence-electron chi connectivity index (χ3n) is 2.57. The van der Waals surface area contributed by atoms with E-state index in [1.807, 2.05) is 18.2 Å². The van der Waals surface area contributed by atoms with Gasteiger partial charge in [0.15, 0.2) is 11.3 Å². The van der Waals surface area contributed by atoms with Gasteiger partial charge in [-0.1, -0.05) is 30.3 Å². The van der Waals surface area contributed by atoms with Gasteiger partial charge in [0.25, 0.3) is 5.65 Å². The van der Waals surface area contributed by atoms with E-state index in [0.29, 0.717) is 5.95 Å². The molecule has 1 aromatic carbocycles. The molecule has 0 bridgehead atoms. The first-order valence-corrected chi connectivity index (χ1v) is 5.37. The molecule has 3 rings (SSSR count). The van der Waals surface area contributed by atoms with Crippen molar-refractivity contribution in [2.75, 3.05) is 5.73 Å². The highest BCUT2D eigenvalue weighted by molar-refractivity contribution is 5.66. The lowest BCUT2D eigenvalue weighted by molar-refractivity contribution is -0.329. The van der Waals surface area contributed by atoms with Crippen molar-refractivity contribution in [2.45, 2.75) is 6.42 Å². The summed E-state index contributed by atoms with van der Waals surface area (Å²) in [6.07, 6.45) is 2.46. The second kappa shape index (κ2) is 3.86. The molecule has 0 saturated carbocycles. The zero-order valence-corrected chi connectivity index (χ0v) is 9.14. The highest BCUT2D eigenvalue weighted by Crippen LogP contribution is 2.08. The molecular weight excluding hydrogens is 214 g/mol. The Hall–Kier alpha value is -2.43. The van der Waals surface area contributed by atoms with Crippen LogP contribution in [0.1, 0.15) is 11.4 Å². The van der Waals surface area contributed by atoms with Crippen molar-refractivity contribution in [1.82, 2.24) is 15.0 Å². The Labute approximate surface area is 97.7 Å². The first-order valence-electron chi connectivity index (χ1n) is 5.37. The summed E-state index contributed by atoms with van der Waals surface area (Å²) >= 11 is 0. The van der Waals surface area contributed by atoms with Crippen LogP contribution in [-0.4, -0.2) is 15.0 Å². The number of rotatable bonds is 2. The lowest BCUT2D eigenvalue weighted by Crippen LogP contribution is -2.08. The fraction of sp³-hybridized carbons (Fsp3) is 0.0833. The molecule has 0 aliphatic rings. The molecule has 2 aromatic heterocycles. The lowest BCUT2D eigenvalue weighted by Gasteiger charge is -1.96. The predicted molar refractivity (Wildman–Crippen MR) is 64.1 cm³/mol. The average Bonchev–Trinajstić information content (AvgIpc) is 2.70. The van der Waals surface area contributed by atoms with Crippen LogP contribution >= 0.6 is 0 Å². The van der Waals surface area contributed by atoms with Crippen molar-refractivity contribution in [2.24, 2.45) is 0 Å². The lowest BCUT2D eigenvalue weighted by atomic mass is 10.1. The van der Waals surface area contributed by atoms with E-state index in [9.17, 15) is 0 Å². The minimum absolute atomic E-state index is 0.492. The van der Waals surface area contributed by atoms with E-state index in [4.69, 9.17) is 5.73 Å². The van der Waals surface area contributed by atoms with Gasteiger partial charge in [-0.15, -0.1) is 4.98 Å². The second-order valence-electron chi connectivity index (χ2n) is 3.87. The number of fused-ring (bicyclic) bond motifs is 1. The molecular formula is C12H12N5+. The molecule has 5 nitrogen and oxygen atoms in total. The summed E-state index contributed by atoms with van der Waals surface area (Å²) in [7, 11) is 0. The molecule has 0 atom stereocenters. The molecule has 2 heterocycles. The number of anilines is 1. The van der Waals surface area contributed by atoms with E-state index in [0.717, 1.165) is 23.4 Å². The van der Waals surface area contributed by atoms with Gasteiger partial charge in [-0.3, -0.25) is 4.98 Å². The van der Waals surface area contributed by atoms with Gasteiger partial charge in [0, 0.05) is 6.42 Å². The molecule has 0 fully saturated rings. The number of imidazole rings is 1. The van der Waals surface area contributed by atoms with E-state index in [1.54, 1.807) is 6.20 Å². The molecule has 0 saturated heterocycles. The van der Waals surface area contributed by atoms with Crippen LogP contribution in [0.25, 0.3) is 11.2 Å². The van der Waals surface area contributed by atoms with Crippen LogP contribution in [0, 0.1) is 0 Å². The highest BCUT2D eigenvalue weighted by Gasteiger charge is 2.09. The smallest absolute Gasteiger partial charge is 0.310 e. The minimum atomic E-state index is 0.492. The van der Waals surface area contributed by atoms with Gasteiger partial charge in [0.2, 0.25) is 0 Å². The summed E-state index contributed by atoms with van der Waals surface area (Å²) in [5, 5.41) is 0. The molecule has 3 aromatic rings. The number of hydrogen-bond donors (Lipinski definition) is 2. The van der Waals surface area contributed by atoms with Crippen molar-refractivity contribution < 1.29 is 4.98 Å². The summed E-state index contributed by atoms with van der Waals surface area (Å²) < 4.78 is 0. The number of hydrogen-bond acceptors (Lipinski definition) is 3. The summed E-state index contributed by atoms with van der Waals surface area (Å²) in [4.78, 5) is 14.6. The number of nitrogen functional groups attached to an aromatic ring is 1. The van der Waals surface area contributed by atoms with Crippen LogP contribution in [0.3, 0.4) is 0 Å². The van der Waals surface area contributed by atoms with Gasteiger partial charge >= 0.3 is 5.95 Å². The Kier molecular flexibility index (Phi) is 2.22. The molecule has 17 heavy (non-hydrogen) atoms. The zero-order chi connectivity index (χ0) is 11.7. The van der Waals surface area contributed by atoms with Gasteiger partial charge in [0.1, 0.15) is 0 Å². The zero-order valence-electron chi connectivity index (χ0n) is 9.14. The Bertz CT molecular complexity index is 644. The number of aromatic amines is 2. The number of nitrogens with two attached hydrogens (primary N) is 1. The van der Waals surface area contributed by atoms with Gasteiger partial charge in [-0.05, 0) is 5.56 Å². The van der Waals surface area contributed by atoms with Crippen molar-refractivity contribution in [1.29, 1.82) is 0 Å². The Morgan fingerprint density at radius 2 is 2.06 bits per heavy atom. The van der Waals surface area contributed by atoms with E-state index < -0.39 is 0 Å². The Balaban J connectivity index is 1.95. The number of H-pyrrole nitrogens is 2. The summed E-state index contributed by atoms with van der Waals surface area (Å²) in [5.74, 6) is 1.27. The maximum Gasteiger partial charge on any atom is 0.310 e. The fourth-order valence-corrected chi connectivity index (χ4v) is 1.77. The van der Waals surface area contributed by atoms with E-state index in [2.05, 4.69) is 32.1 Å². The number of nitrogens with one attached hydrogen (secondary N) is 2. The predicted octanol–water partition coefficient (Wildman–Crippen LogP) is 0.945. The normalized spacial score (nSPS) is 10.8. The third kappa shape index (κ3) is 1.94. The highest BCUT2D eigenvalue weighted by atomic mass is 15.1. The number of nitrogens with zero attached hydrogens (tertiary/aromatic N) is 2. The molecule has 5 heteroatoms. The monoisotopic (exact) mass is 226 g/mol. The number of aromatic nitrogens is 4. The van der Waals surface area contributed by atoms with E-state index >= 15 is 0 Å². The van der Waals surface area contributed by atoms with Crippen LogP contribution < -0.4 is 10.7 Å². The molecule has 0 aliphatic heterocycles. The average molecular weight is 226 g/mol. The molecule has 0 amide bonds. The van der Waals surface area contributed by atoms with E-state index in [1.165, 1.54) is 5.56 Å². The standard InChI is InChI=1S/C12H11N5/c13-12-15-9-7-14-10(16-11(9)17-12)6-8-4-2-1-3-5-8/h1-5,7H,6H2,(H3,13,14,15,16,17)/p+1. The fourth-order valence-electron chi connectivity index (χ4n) is 1.77. The second-order valence-corrected chi connectivity index (χ2v) is 3.87. The maximum absolute atomic E-state index is 5.61. The quantitative estimate of drug-likeness (QED) is 0.682. The molecule has 0 radical (unpaired) electrons.